The second-order valence-corrected chi connectivity index (χ2v) is 7.02. The molecule has 2 heterocycles. The molecule has 0 saturated carbocycles. The number of methoxy groups -OCH3 is 2. The molecular weight excluding hydrogens is 358 g/mol. The predicted molar refractivity (Wildman–Crippen MR) is 104 cm³/mol. The average molecular weight is 384 g/mol. The number of nitrogens with zero attached hydrogens (tertiary/aromatic N) is 1. The molecule has 0 saturated heterocycles. The second kappa shape index (κ2) is 9.43. The Balaban J connectivity index is 0.00000225. The fourth-order valence-electron chi connectivity index (χ4n) is 3.18. The third-order valence-corrected chi connectivity index (χ3v) is 5.56. The summed E-state index contributed by atoms with van der Waals surface area (Å²) in [6.07, 6.45) is 1.14. The van der Waals surface area contributed by atoms with Crippen molar-refractivity contribution in [3.8, 4) is 11.5 Å². The highest BCUT2D eigenvalue weighted by molar-refractivity contribution is 7.10. The Morgan fingerprint density at radius 2 is 2.00 bits per heavy atom. The average Bonchev–Trinajstić information content (AvgIpc) is 3.07. The van der Waals surface area contributed by atoms with Crippen molar-refractivity contribution in [1.82, 2.24) is 4.90 Å². The topological polar surface area (TPSA) is 30.9 Å². The van der Waals surface area contributed by atoms with Gasteiger partial charge in [0.05, 0.1) is 13.7 Å². The van der Waals surface area contributed by atoms with Crippen LogP contribution in [0, 0.1) is 0 Å². The van der Waals surface area contributed by atoms with Crippen LogP contribution in [0.25, 0.3) is 0 Å². The maximum Gasteiger partial charge on any atom is 0.161 e. The molecule has 1 atom stereocenters. The van der Waals surface area contributed by atoms with Gasteiger partial charge >= 0.3 is 0 Å². The van der Waals surface area contributed by atoms with Gasteiger partial charge in [-0.15, -0.1) is 23.7 Å². The van der Waals surface area contributed by atoms with E-state index in [2.05, 4.69) is 35.4 Å². The second-order valence-electron chi connectivity index (χ2n) is 6.02. The molecule has 1 aromatic heterocycles. The molecule has 1 aliphatic rings. The lowest BCUT2D eigenvalue weighted by Gasteiger charge is -2.33. The minimum atomic E-state index is 0. The first-order chi connectivity index (χ1) is 11.7. The SMILES string of the molecule is COCCOc1cc(CN2CCc3sccc3C2C)ccc1OC.Cl. The Hall–Kier alpha value is -1.27. The van der Waals surface area contributed by atoms with Crippen molar-refractivity contribution >= 4 is 23.7 Å². The van der Waals surface area contributed by atoms with Gasteiger partial charge in [0, 0.05) is 31.1 Å². The van der Waals surface area contributed by atoms with Crippen molar-refractivity contribution in [2.45, 2.75) is 25.9 Å². The molecule has 1 aromatic carbocycles. The zero-order chi connectivity index (χ0) is 16.9. The number of halogens is 1. The van der Waals surface area contributed by atoms with Crippen LogP contribution in [0.5, 0.6) is 11.5 Å². The van der Waals surface area contributed by atoms with Crippen molar-refractivity contribution in [3.63, 3.8) is 0 Å². The third-order valence-electron chi connectivity index (χ3n) is 4.56. The normalized spacial score (nSPS) is 16.8. The number of ether oxygens (including phenoxy) is 3. The van der Waals surface area contributed by atoms with Crippen LogP contribution in [0.2, 0.25) is 0 Å². The van der Waals surface area contributed by atoms with E-state index in [1.54, 1.807) is 14.2 Å². The zero-order valence-corrected chi connectivity index (χ0v) is 16.6. The zero-order valence-electron chi connectivity index (χ0n) is 15.0. The van der Waals surface area contributed by atoms with Gasteiger partial charge in [-0.3, -0.25) is 4.90 Å². The summed E-state index contributed by atoms with van der Waals surface area (Å²) in [4.78, 5) is 4.06. The first-order valence-electron chi connectivity index (χ1n) is 8.32. The number of hydrogen-bond donors (Lipinski definition) is 0. The molecule has 0 fully saturated rings. The minimum absolute atomic E-state index is 0. The summed E-state index contributed by atoms with van der Waals surface area (Å²) in [6, 6.07) is 8.93. The van der Waals surface area contributed by atoms with Gasteiger partial charge in [0.2, 0.25) is 0 Å². The molecule has 0 N–H and O–H groups in total. The van der Waals surface area contributed by atoms with E-state index in [1.165, 1.54) is 16.0 Å². The van der Waals surface area contributed by atoms with Crippen LogP contribution >= 0.6 is 23.7 Å². The van der Waals surface area contributed by atoms with Gasteiger partial charge in [-0.1, -0.05) is 6.07 Å². The molecule has 138 valence electrons. The van der Waals surface area contributed by atoms with Gasteiger partial charge in [0.25, 0.3) is 0 Å². The number of benzene rings is 1. The molecule has 6 heteroatoms. The van der Waals surface area contributed by atoms with E-state index in [-0.39, 0.29) is 12.4 Å². The number of hydrogen-bond acceptors (Lipinski definition) is 5. The molecule has 0 amide bonds. The molecule has 4 nitrogen and oxygen atoms in total. The van der Waals surface area contributed by atoms with Crippen molar-refractivity contribution < 1.29 is 14.2 Å². The molecule has 2 aromatic rings. The maximum atomic E-state index is 5.80. The summed E-state index contributed by atoms with van der Waals surface area (Å²) in [5.41, 5.74) is 2.73. The lowest BCUT2D eigenvalue weighted by atomic mass is 10.0. The first-order valence-corrected chi connectivity index (χ1v) is 9.20. The molecule has 0 radical (unpaired) electrons. The van der Waals surface area contributed by atoms with E-state index >= 15 is 0 Å². The Morgan fingerprint density at radius 3 is 2.76 bits per heavy atom. The minimum Gasteiger partial charge on any atom is -0.493 e. The molecule has 3 rings (SSSR count). The van der Waals surface area contributed by atoms with Crippen LogP contribution in [0.4, 0.5) is 0 Å². The van der Waals surface area contributed by atoms with Gasteiger partial charge in [0.15, 0.2) is 11.5 Å². The molecule has 1 unspecified atom stereocenters. The van der Waals surface area contributed by atoms with Crippen LogP contribution in [0.3, 0.4) is 0 Å². The van der Waals surface area contributed by atoms with Crippen LogP contribution in [-0.2, 0) is 17.7 Å². The highest BCUT2D eigenvalue weighted by atomic mass is 35.5. The van der Waals surface area contributed by atoms with Crippen LogP contribution in [0.1, 0.15) is 29.0 Å². The van der Waals surface area contributed by atoms with E-state index in [4.69, 9.17) is 14.2 Å². The fourth-order valence-corrected chi connectivity index (χ4v) is 4.14. The van der Waals surface area contributed by atoms with Gasteiger partial charge in [0.1, 0.15) is 6.61 Å². The first kappa shape index (κ1) is 20.0. The van der Waals surface area contributed by atoms with Crippen molar-refractivity contribution in [3.05, 3.63) is 45.6 Å². The summed E-state index contributed by atoms with van der Waals surface area (Å²) in [5.74, 6) is 1.55. The fraction of sp³-hybridized carbons (Fsp3) is 0.474. The summed E-state index contributed by atoms with van der Waals surface area (Å²) in [5, 5.41) is 2.21. The number of fused-ring (bicyclic) bond motifs is 1. The Labute approximate surface area is 160 Å². The Kier molecular flexibility index (Phi) is 7.56. The summed E-state index contributed by atoms with van der Waals surface area (Å²) in [7, 11) is 3.34. The monoisotopic (exact) mass is 383 g/mol. The maximum absolute atomic E-state index is 5.80. The van der Waals surface area contributed by atoms with Crippen molar-refractivity contribution in [2.75, 3.05) is 34.0 Å². The lowest BCUT2D eigenvalue weighted by molar-refractivity contribution is 0.144. The van der Waals surface area contributed by atoms with Crippen LogP contribution < -0.4 is 9.47 Å². The van der Waals surface area contributed by atoms with Crippen molar-refractivity contribution in [2.24, 2.45) is 0 Å². The van der Waals surface area contributed by atoms with E-state index in [0.717, 1.165) is 31.0 Å². The largest absolute Gasteiger partial charge is 0.493 e. The summed E-state index contributed by atoms with van der Waals surface area (Å²) >= 11 is 1.88. The van der Waals surface area contributed by atoms with Gasteiger partial charge in [-0.25, -0.2) is 0 Å². The third kappa shape index (κ3) is 4.67. The Morgan fingerprint density at radius 1 is 1.16 bits per heavy atom. The summed E-state index contributed by atoms with van der Waals surface area (Å²) < 4.78 is 16.3. The summed E-state index contributed by atoms with van der Waals surface area (Å²) in [6.45, 7) is 5.40. The molecule has 0 aliphatic carbocycles. The van der Waals surface area contributed by atoms with E-state index in [0.29, 0.717) is 19.3 Å². The van der Waals surface area contributed by atoms with Gasteiger partial charge in [-0.05, 0) is 48.1 Å². The predicted octanol–water partition coefficient (Wildman–Crippen LogP) is 4.32. The van der Waals surface area contributed by atoms with Crippen LogP contribution in [-0.4, -0.2) is 38.9 Å². The van der Waals surface area contributed by atoms with E-state index < -0.39 is 0 Å². The van der Waals surface area contributed by atoms with E-state index in [9.17, 15) is 0 Å². The molecule has 0 spiro atoms. The molecule has 0 bridgehead atoms. The van der Waals surface area contributed by atoms with Crippen LogP contribution in [0.15, 0.2) is 29.6 Å². The van der Waals surface area contributed by atoms with E-state index in [1.807, 2.05) is 17.4 Å². The molecule has 25 heavy (non-hydrogen) atoms. The quantitative estimate of drug-likeness (QED) is 0.666. The highest BCUT2D eigenvalue weighted by Gasteiger charge is 2.24. The highest BCUT2D eigenvalue weighted by Crippen LogP contribution is 2.35. The van der Waals surface area contributed by atoms with Gasteiger partial charge < -0.3 is 14.2 Å². The molecule has 1 aliphatic heterocycles. The lowest BCUT2D eigenvalue weighted by Crippen LogP contribution is -2.32. The van der Waals surface area contributed by atoms with Gasteiger partial charge in [-0.2, -0.15) is 0 Å². The smallest absolute Gasteiger partial charge is 0.161 e. The standard InChI is InChI=1S/C19H25NO3S.ClH/c1-14-16-7-11-24-19(16)6-8-20(14)13-15-4-5-17(22-3)18(12-15)23-10-9-21-2;/h4-5,7,11-12,14H,6,8-10,13H2,1-3H3;1H. The number of rotatable bonds is 7. The Bertz CT molecular complexity index is 676. The molecular formula is C19H26ClNO3S. The van der Waals surface area contributed by atoms with Crippen molar-refractivity contribution in [1.29, 1.82) is 0 Å². The number of thiophene rings is 1.